The third-order valence-corrected chi connectivity index (χ3v) is 4.83. The first-order chi connectivity index (χ1) is 13.3. The van der Waals surface area contributed by atoms with Crippen LogP contribution < -0.4 is 5.32 Å². The summed E-state index contributed by atoms with van der Waals surface area (Å²) < 4.78 is 21.0. The lowest BCUT2D eigenvalue weighted by Gasteiger charge is -2.19. The molecule has 1 fully saturated rings. The van der Waals surface area contributed by atoms with Crippen LogP contribution in [-0.4, -0.2) is 39.5 Å². The topological polar surface area (TPSA) is 64.9 Å². The molecule has 2 atom stereocenters. The molecule has 1 N–H and O–H groups in total. The summed E-state index contributed by atoms with van der Waals surface area (Å²) >= 11 is 0. The standard InChI is InChI=1S/C20H22FN5O/c21-16-10-8-15(9-11-16)19(13-22-17-5-2-1-3-6-17)20-23-24-25-26(20)14-18-7-4-12-27-18/h1-3,5-6,8-11,18-19,22H,4,7,12-14H2. The second kappa shape index (κ2) is 8.26. The largest absolute Gasteiger partial charge is 0.384 e. The number of benzene rings is 2. The molecule has 4 rings (SSSR count). The van der Waals surface area contributed by atoms with Crippen molar-refractivity contribution < 1.29 is 9.13 Å². The molecule has 0 amide bonds. The first kappa shape index (κ1) is 17.6. The predicted molar refractivity (Wildman–Crippen MR) is 100.0 cm³/mol. The molecule has 1 aromatic heterocycles. The van der Waals surface area contributed by atoms with Crippen molar-refractivity contribution in [3.63, 3.8) is 0 Å². The van der Waals surface area contributed by atoms with Crippen molar-refractivity contribution >= 4 is 5.69 Å². The average molecular weight is 367 g/mol. The maximum Gasteiger partial charge on any atom is 0.160 e. The van der Waals surface area contributed by atoms with E-state index < -0.39 is 0 Å². The summed E-state index contributed by atoms with van der Waals surface area (Å²) in [4.78, 5) is 0. The first-order valence-electron chi connectivity index (χ1n) is 9.21. The summed E-state index contributed by atoms with van der Waals surface area (Å²) in [6, 6.07) is 16.5. The number of nitrogens with one attached hydrogen (secondary N) is 1. The zero-order valence-electron chi connectivity index (χ0n) is 15.0. The van der Waals surface area contributed by atoms with Crippen molar-refractivity contribution in [1.82, 2.24) is 20.2 Å². The molecule has 0 aliphatic carbocycles. The summed E-state index contributed by atoms with van der Waals surface area (Å²) in [7, 11) is 0. The number of ether oxygens (including phenoxy) is 1. The first-order valence-corrected chi connectivity index (χ1v) is 9.21. The maximum atomic E-state index is 13.4. The smallest absolute Gasteiger partial charge is 0.160 e. The zero-order chi connectivity index (χ0) is 18.5. The minimum atomic E-state index is -0.257. The Hall–Kier alpha value is -2.80. The third kappa shape index (κ3) is 4.31. The lowest BCUT2D eigenvalue weighted by Crippen LogP contribution is -2.23. The Morgan fingerprint density at radius 1 is 1.15 bits per heavy atom. The van der Waals surface area contributed by atoms with E-state index in [0.29, 0.717) is 13.1 Å². The van der Waals surface area contributed by atoms with Gasteiger partial charge in [0.15, 0.2) is 5.82 Å². The Morgan fingerprint density at radius 3 is 2.70 bits per heavy atom. The third-order valence-electron chi connectivity index (χ3n) is 4.83. The quantitative estimate of drug-likeness (QED) is 0.695. The van der Waals surface area contributed by atoms with E-state index in [1.165, 1.54) is 12.1 Å². The minimum absolute atomic E-state index is 0.109. The monoisotopic (exact) mass is 367 g/mol. The van der Waals surface area contributed by atoms with Gasteiger partial charge in [0.05, 0.1) is 18.6 Å². The predicted octanol–water partition coefficient (Wildman–Crippen LogP) is 3.24. The van der Waals surface area contributed by atoms with Gasteiger partial charge < -0.3 is 10.1 Å². The minimum Gasteiger partial charge on any atom is -0.384 e. The van der Waals surface area contributed by atoms with Crippen molar-refractivity contribution in [3.8, 4) is 0 Å². The summed E-state index contributed by atoms with van der Waals surface area (Å²) in [6.07, 6.45) is 2.23. The van der Waals surface area contributed by atoms with E-state index in [0.717, 1.165) is 36.5 Å². The molecule has 7 heteroatoms. The molecule has 1 aliphatic rings. The van der Waals surface area contributed by atoms with Crippen molar-refractivity contribution in [2.75, 3.05) is 18.5 Å². The molecule has 140 valence electrons. The summed E-state index contributed by atoms with van der Waals surface area (Å²) in [5.74, 6) is 0.384. The Morgan fingerprint density at radius 2 is 1.96 bits per heavy atom. The number of anilines is 1. The van der Waals surface area contributed by atoms with Crippen LogP contribution in [0.4, 0.5) is 10.1 Å². The molecule has 2 heterocycles. The Labute approximate surface area is 157 Å². The molecule has 0 spiro atoms. The summed E-state index contributed by atoms with van der Waals surface area (Å²) in [5.41, 5.74) is 1.98. The van der Waals surface area contributed by atoms with Gasteiger partial charge in [-0.25, -0.2) is 9.07 Å². The Kier molecular flexibility index (Phi) is 5.39. The van der Waals surface area contributed by atoms with Crippen molar-refractivity contribution in [3.05, 3.63) is 71.8 Å². The molecular weight excluding hydrogens is 345 g/mol. The lowest BCUT2D eigenvalue weighted by molar-refractivity contribution is 0.0925. The molecule has 6 nitrogen and oxygen atoms in total. The summed E-state index contributed by atoms with van der Waals surface area (Å²) in [6.45, 7) is 2.02. The van der Waals surface area contributed by atoms with Gasteiger partial charge in [-0.05, 0) is 53.1 Å². The van der Waals surface area contributed by atoms with Gasteiger partial charge in [-0.3, -0.25) is 0 Å². The number of hydrogen-bond donors (Lipinski definition) is 1. The fourth-order valence-corrected chi connectivity index (χ4v) is 3.40. The van der Waals surface area contributed by atoms with E-state index >= 15 is 0 Å². The van der Waals surface area contributed by atoms with E-state index in [2.05, 4.69) is 20.8 Å². The van der Waals surface area contributed by atoms with Crippen LogP contribution in [0.15, 0.2) is 54.6 Å². The summed E-state index contributed by atoms with van der Waals surface area (Å²) in [5, 5.41) is 15.8. The van der Waals surface area contributed by atoms with E-state index in [9.17, 15) is 4.39 Å². The molecule has 3 aromatic rings. The highest BCUT2D eigenvalue weighted by molar-refractivity contribution is 5.43. The number of hydrogen-bond acceptors (Lipinski definition) is 5. The van der Waals surface area contributed by atoms with Gasteiger partial charge in [-0.15, -0.1) is 5.10 Å². The van der Waals surface area contributed by atoms with Crippen LogP contribution in [-0.2, 0) is 11.3 Å². The number of halogens is 1. The molecule has 1 saturated heterocycles. The van der Waals surface area contributed by atoms with Crippen LogP contribution in [0.5, 0.6) is 0 Å². The van der Waals surface area contributed by atoms with Gasteiger partial charge in [-0.1, -0.05) is 30.3 Å². The van der Waals surface area contributed by atoms with E-state index in [1.807, 2.05) is 35.0 Å². The van der Waals surface area contributed by atoms with E-state index in [4.69, 9.17) is 4.74 Å². The molecule has 0 saturated carbocycles. The molecule has 0 bridgehead atoms. The maximum absolute atomic E-state index is 13.4. The van der Waals surface area contributed by atoms with Crippen LogP contribution in [0.25, 0.3) is 0 Å². The lowest BCUT2D eigenvalue weighted by atomic mass is 9.97. The second-order valence-electron chi connectivity index (χ2n) is 6.71. The number of tetrazole rings is 1. The molecule has 27 heavy (non-hydrogen) atoms. The highest BCUT2D eigenvalue weighted by Crippen LogP contribution is 2.25. The van der Waals surface area contributed by atoms with Gasteiger partial charge in [0.25, 0.3) is 0 Å². The van der Waals surface area contributed by atoms with Crippen LogP contribution in [0, 0.1) is 5.82 Å². The van der Waals surface area contributed by atoms with Gasteiger partial charge >= 0.3 is 0 Å². The Balaban J connectivity index is 1.59. The van der Waals surface area contributed by atoms with Crippen LogP contribution in [0.2, 0.25) is 0 Å². The highest BCUT2D eigenvalue weighted by atomic mass is 19.1. The Bertz CT molecular complexity index is 846. The van der Waals surface area contributed by atoms with Crippen molar-refractivity contribution in [2.24, 2.45) is 0 Å². The fraction of sp³-hybridized carbons (Fsp3) is 0.350. The van der Waals surface area contributed by atoms with Crippen molar-refractivity contribution in [1.29, 1.82) is 0 Å². The second-order valence-corrected chi connectivity index (χ2v) is 6.71. The van der Waals surface area contributed by atoms with Crippen LogP contribution in [0.1, 0.15) is 30.1 Å². The van der Waals surface area contributed by atoms with Gasteiger partial charge in [0.1, 0.15) is 5.82 Å². The SMILES string of the molecule is Fc1ccc(C(CNc2ccccc2)c2nnnn2CC2CCCO2)cc1. The molecule has 2 aromatic carbocycles. The molecule has 0 radical (unpaired) electrons. The van der Waals surface area contributed by atoms with E-state index in [-0.39, 0.29) is 17.8 Å². The normalized spacial score (nSPS) is 17.7. The van der Waals surface area contributed by atoms with E-state index in [1.54, 1.807) is 12.1 Å². The highest BCUT2D eigenvalue weighted by Gasteiger charge is 2.24. The zero-order valence-corrected chi connectivity index (χ0v) is 15.0. The van der Waals surface area contributed by atoms with Gasteiger partial charge in [0, 0.05) is 18.8 Å². The number of para-hydroxylation sites is 1. The van der Waals surface area contributed by atoms with Crippen LogP contribution >= 0.6 is 0 Å². The van der Waals surface area contributed by atoms with Gasteiger partial charge in [-0.2, -0.15) is 0 Å². The molecule has 1 aliphatic heterocycles. The molecule has 2 unspecified atom stereocenters. The number of rotatable bonds is 7. The van der Waals surface area contributed by atoms with Gasteiger partial charge in [0.2, 0.25) is 0 Å². The molecular formula is C20H22FN5O. The van der Waals surface area contributed by atoms with Crippen LogP contribution in [0.3, 0.4) is 0 Å². The fourth-order valence-electron chi connectivity index (χ4n) is 3.40. The number of aromatic nitrogens is 4. The van der Waals surface area contributed by atoms with Crippen molar-refractivity contribution in [2.45, 2.75) is 31.4 Å². The number of nitrogens with zero attached hydrogens (tertiary/aromatic N) is 4. The average Bonchev–Trinajstić information content (AvgIpc) is 3.37.